The SMILES string of the molecule is CCOc1cc(Cl)ccc1CNc1cc(CO)ccc1[N+](=O)[O-]. The average molecular weight is 337 g/mol. The Morgan fingerprint density at radius 1 is 1.30 bits per heavy atom. The van der Waals surface area contributed by atoms with Crippen molar-refractivity contribution >= 4 is 23.0 Å². The van der Waals surface area contributed by atoms with Gasteiger partial charge in [0.1, 0.15) is 11.4 Å². The Morgan fingerprint density at radius 2 is 2.09 bits per heavy atom. The summed E-state index contributed by atoms with van der Waals surface area (Å²) in [4.78, 5) is 10.6. The molecule has 0 aromatic heterocycles. The topological polar surface area (TPSA) is 84.6 Å². The summed E-state index contributed by atoms with van der Waals surface area (Å²) in [6.45, 7) is 2.52. The lowest BCUT2D eigenvalue weighted by atomic mass is 10.1. The molecule has 0 aliphatic rings. The predicted octanol–water partition coefficient (Wildman–Crippen LogP) is 3.75. The molecule has 0 radical (unpaired) electrons. The van der Waals surface area contributed by atoms with Gasteiger partial charge in [-0.1, -0.05) is 17.7 Å². The van der Waals surface area contributed by atoms with Gasteiger partial charge in [-0.25, -0.2) is 0 Å². The van der Waals surface area contributed by atoms with E-state index >= 15 is 0 Å². The van der Waals surface area contributed by atoms with Gasteiger partial charge in [-0.2, -0.15) is 0 Å². The van der Waals surface area contributed by atoms with Crippen LogP contribution in [-0.4, -0.2) is 16.6 Å². The third-order valence-corrected chi connectivity index (χ3v) is 3.47. The number of hydrogen-bond acceptors (Lipinski definition) is 5. The van der Waals surface area contributed by atoms with Crippen LogP contribution in [0.15, 0.2) is 36.4 Å². The molecule has 0 fully saturated rings. The molecule has 0 saturated carbocycles. The first-order chi connectivity index (χ1) is 11.0. The van der Waals surface area contributed by atoms with Gasteiger partial charge in [-0.15, -0.1) is 0 Å². The molecule has 0 aliphatic heterocycles. The number of benzene rings is 2. The maximum Gasteiger partial charge on any atom is 0.292 e. The van der Waals surface area contributed by atoms with E-state index in [0.29, 0.717) is 35.2 Å². The molecule has 122 valence electrons. The minimum Gasteiger partial charge on any atom is -0.493 e. The lowest BCUT2D eigenvalue weighted by Crippen LogP contribution is -2.05. The lowest BCUT2D eigenvalue weighted by Gasteiger charge is -2.13. The number of nitro benzene ring substituents is 1. The summed E-state index contributed by atoms with van der Waals surface area (Å²) >= 11 is 5.96. The number of nitrogens with zero attached hydrogens (tertiary/aromatic N) is 1. The molecule has 0 aliphatic carbocycles. The highest BCUT2D eigenvalue weighted by Crippen LogP contribution is 2.28. The Bertz CT molecular complexity index is 706. The first-order valence-electron chi connectivity index (χ1n) is 7.08. The number of ether oxygens (including phenoxy) is 1. The lowest BCUT2D eigenvalue weighted by molar-refractivity contribution is -0.384. The van der Waals surface area contributed by atoms with E-state index in [0.717, 1.165) is 5.56 Å². The van der Waals surface area contributed by atoms with E-state index in [-0.39, 0.29) is 12.3 Å². The van der Waals surface area contributed by atoms with Crippen LogP contribution in [0.5, 0.6) is 5.75 Å². The van der Waals surface area contributed by atoms with E-state index in [1.807, 2.05) is 13.0 Å². The summed E-state index contributed by atoms with van der Waals surface area (Å²) in [7, 11) is 0. The minimum absolute atomic E-state index is 0.0471. The van der Waals surface area contributed by atoms with E-state index in [1.165, 1.54) is 12.1 Å². The number of anilines is 1. The number of hydrogen-bond donors (Lipinski definition) is 2. The number of aliphatic hydroxyl groups excluding tert-OH is 1. The molecular weight excluding hydrogens is 320 g/mol. The van der Waals surface area contributed by atoms with Crippen LogP contribution < -0.4 is 10.1 Å². The molecule has 0 bridgehead atoms. The van der Waals surface area contributed by atoms with Crippen LogP contribution in [-0.2, 0) is 13.2 Å². The second-order valence-corrected chi connectivity index (χ2v) is 5.24. The third kappa shape index (κ3) is 4.34. The molecule has 2 rings (SSSR count). The predicted molar refractivity (Wildman–Crippen MR) is 89.0 cm³/mol. The molecule has 2 aromatic rings. The largest absolute Gasteiger partial charge is 0.493 e. The minimum atomic E-state index is -0.463. The van der Waals surface area contributed by atoms with Crippen LogP contribution >= 0.6 is 11.6 Å². The van der Waals surface area contributed by atoms with Gasteiger partial charge in [0.2, 0.25) is 0 Å². The van der Waals surface area contributed by atoms with Gasteiger partial charge in [-0.05, 0) is 36.8 Å². The van der Waals surface area contributed by atoms with Crippen LogP contribution in [0.1, 0.15) is 18.1 Å². The van der Waals surface area contributed by atoms with Crippen molar-refractivity contribution in [3.63, 3.8) is 0 Å². The van der Waals surface area contributed by atoms with Gasteiger partial charge in [0.25, 0.3) is 5.69 Å². The summed E-state index contributed by atoms with van der Waals surface area (Å²) in [6.07, 6.45) is 0. The van der Waals surface area contributed by atoms with Crippen LogP contribution in [0.3, 0.4) is 0 Å². The molecule has 0 heterocycles. The van der Waals surface area contributed by atoms with Gasteiger partial charge in [0.05, 0.1) is 18.1 Å². The van der Waals surface area contributed by atoms with Crippen molar-refractivity contribution in [3.8, 4) is 5.75 Å². The van der Waals surface area contributed by atoms with Crippen LogP contribution in [0.25, 0.3) is 0 Å². The summed E-state index contributed by atoms with van der Waals surface area (Å²) in [5.74, 6) is 0.633. The molecule has 23 heavy (non-hydrogen) atoms. The maximum absolute atomic E-state index is 11.1. The molecular formula is C16H17ClN2O4. The van der Waals surface area contributed by atoms with Gasteiger partial charge in [-0.3, -0.25) is 10.1 Å². The second kappa shape index (κ2) is 7.80. The number of rotatable bonds is 7. The van der Waals surface area contributed by atoms with Gasteiger partial charge in [0, 0.05) is 23.2 Å². The van der Waals surface area contributed by atoms with Crippen molar-refractivity contribution in [2.75, 3.05) is 11.9 Å². The Labute approximate surface area is 138 Å². The van der Waals surface area contributed by atoms with E-state index < -0.39 is 4.92 Å². The fourth-order valence-corrected chi connectivity index (χ4v) is 2.30. The zero-order valence-electron chi connectivity index (χ0n) is 12.6. The first-order valence-corrected chi connectivity index (χ1v) is 7.46. The summed E-state index contributed by atoms with van der Waals surface area (Å²) < 4.78 is 5.53. The number of nitrogens with one attached hydrogen (secondary N) is 1. The molecule has 0 atom stereocenters. The Kier molecular flexibility index (Phi) is 5.78. The van der Waals surface area contributed by atoms with E-state index in [4.69, 9.17) is 16.3 Å². The van der Waals surface area contributed by atoms with Crippen LogP contribution in [0.2, 0.25) is 5.02 Å². The molecule has 0 saturated heterocycles. The monoisotopic (exact) mass is 336 g/mol. The number of halogens is 1. The van der Waals surface area contributed by atoms with Crippen molar-refractivity contribution in [2.24, 2.45) is 0 Å². The molecule has 2 N–H and O–H groups in total. The average Bonchev–Trinajstić information content (AvgIpc) is 2.54. The third-order valence-electron chi connectivity index (χ3n) is 3.24. The summed E-state index contributed by atoms with van der Waals surface area (Å²) in [5, 5.41) is 23.9. The van der Waals surface area contributed by atoms with Crippen molar-refractivity contribution in [2.45, 2.75) is 20.1 Å². The fraction of sp³-hybridized carbons (Fsp3) is 0.250. The molecule has 0 unspecified atom stereocenters. The molecule has 0 spiro atoms. The van der Waals surface area contributed by atoms with Gasteiger partial charge < -0.3 is 15.2 Å². The normalized spacial score (nSPS) is 10.4. The van der Waals surface area contributed by atoms with Crippen molar-refractivity contribution in [3.05, 3.63) is 62.7 Å². The highest BCUT2D eigenvalue weighted by Gasteiger charge is 2.14. The smallest absolute Gasteiger partial charge is 0.292 e. The van der Waals surface area contributed by atoms with E-state index in [9.17, 15) is 15.2 Å². The maximum atomic E-state index is 11.1. The van der Waals surface area contributed by atoms with Crippen molar-refractivity contribution in [1.82, 2.24) is 0 Å². The number of nitro groups is 1. The Hall–Kier alpha value is -2.31. The van der Waals surface area contributed by atoms with Gasteiger partial charge in [0.15, 0.2) is 0 Å². The van der Waals surface area contributed by atoms with Crippen LogP contribution in [0.4, 0.5) is 11.4 Å². The highest BCUT2D eigenvalue weighted by molar-refractivity contribution is 6.30. The summed E-state index contributed by atoms with van der Waals surface area (Å²) in [6, 6.07) is 9.72. The first kappa shape index (κ1) is 17.1. The number of aliphatic hydroxyl groups is 1. The quantitative estimate of drug-likeness (QED) is 0.594. The highest BCUT2D eigenvalue weighted by atomic mass is 35.5. The van der Waals surface area contributed by atoms with Crippen molar-refractivity contribution < 1.29 is 14.8 Å². The van der Waals surface area contributed by atoms with E-state index in [1.54, 1.807) is 18.2 Å². The molecule has 7 heteroatoms. The fourth-order valence-electron chi connectivity index (χ4n) is 2.14. The summed E-state index contributed by atoms with van der Waals surface area (Å²) in [5.41, 5.74) is 1.73. The van der Waals surface area contributed by atoms with Crippen molar-refractivity contribution in [1.29, 1.82) is 0 Å². The Morgan fingerprint density at radius 3 is 2.74 bits per heavy atom. The molecule has 0 amide bonds. The van der Waals surface area contributed by atoms with Gasteiger partial charge >= 0.3 is 0 Å². The standard InChI is InChI=1S/C16H17ClN2O4/c1-2-23-16-8-13(17)5-4-12(16)9-18-14-7-11(10-20)3-6-15(14)19(21)22/h3-8,18,20H,2,9-10H2,1H3. The van der Waals surface area contributed by atoms with Crippen LogP contribution in [0, 0.1) is 10.1 Å². The molecule has 2 aromatic carbocycles. The van der Waals surface area contributed by atoms with E-state index in [2.05, 4.69) is 5.32 Å². The Balaban J connectivity index is 2.25. The zero-order valence-corrected chi connectivity index (χ0v) is 13.3. The zero-order chi connectivity index (χ0) is 16.8. The second-order valence-electron chi connectivity index (χ2n) is 4.81. The molecule has 6 nitrogen and oxygen atoms in total.